The van der Waals surface area contributed by atoms with E-state index in [2.05, 4.69) is 4.98 Å². The van der Waals surface area contributed by atoms with E-state index < -0.39 is 5.82 Å². The fraction of sp³-hybridized carbons (Fsp3) is 0. The summed E-state index contributed by atoms with van der Waals surface area (Å²) < 4.78 is 12.3. The molecule has 1 rings (SSSR count). The summed E-state index contributed by atoms with van der Waals surface area (Å²) in [6, 6.07) is 1.16. The van der Waals surface area contributed by atoms with E-state index in [4.69, 9.17) is 17.0 Å². The second-order valence-electron chi connectivity index (χ2n) is 1.68. The Balaban J connectivity index is 3.21. The van der Waals surface area contributed by atoms with Crippen molar-refractivity contribution >= 4 is 17.8 Å². The van der Waals surface area contributed by atoms with Crippen LogP contribution < -0.4 is 0 Å². The SMILES string of the molecule is N=Cc1cc(F)cnc1Cl. The van der Waals surface area contributed by atoms with Crippen molar-refractivity contribution in [1.82, 2.24) is 4.98 Å². The van der Waals surface area contributed by atoms with Gasteiger partial charge < -0.3 is 5.41 Å². The molecule has 1 aromatic rings. The van der Waals surface area contributed by atoms with Gasteiger partial charge in [-0.15, -0.1) is 0 Å². The molecular weight excluding hydrogens is 155 g/mol. The van der Waals surface area contributed by atoms with Crippen molar-refractivity contribution in [3.05, 3.63) is 28.8 Å². The van der Waals surface area contributed by atoms with E-state index in [0.717, 1.165) is 18.5 Å². The minimum absolute atomic E-state index is 0.149. The Kier molecular flexibility index (Phi) is 1.97. The van der Waals surface area contributed by atoms with E-state index in [1.807, 2.05) is 0 Å². The topological polar surface area (TPSA) is 36.7 Å². The van der Waals surface area contributed by atoms with Crippen LogP contribution in [-0.4, -0.2) is 11.2 Å². The quantitative estimate of drug-likeness (QED) is 0.492. The molecule has 0 atom stereocenters. The molecule has 0 amide bonds. The third kappa shape index (κ3) is 1.30. The lowest BCUT2D eigenvalue weighted by molar-refractivity contribution is 0.621. The van der Waals surface area contributed by atoms with E-state index in [9.17, 15) is 4.39 Å². The zero-order valence-corrected chi connectivity index (χ0v) is 5.69. The Morgan fingerprint density at radius 3 is 2.90 bits per heavy atom. The Labute approximate surface area is 62.2 Å². The zero-order valence-electron chi connectivity index (χ0n) is 4.94. The molecule has 10 heavy (non-hydrogen) atoms. The van der Waals surface area contributed by atoms with Crippen molar-refractivity contribution in [2.24, 2.45) is 0 Å². The molecule has 0 radical (unpaired) electrons. The van der Waals surface area contributed by atoms with Crippen LogP contribution in [0.3, 0.4) is 0 Å². The Hall–Kier alpha value is -0.960. The minimum Gasteiger partial charge on any atom is -0.308 e. The molecule has 0 fully saturated rings. The summed E-state index contributed by atoms with van der Waals surface area (Å²) in [5.41, 5.74) is 0.293. The molecule has 0 unspecified atom stereocenters. The predicted molar refractivity (Wildman–Crippen MR) is 37.1 cm³/mol. The number of halogens is 2. The molecule has 0 aliphatic rings. The molecule has 0 bridgehead atoms. The first-order chi connectivity index (χ1) is 4.74. The van der Waals surface area contributed by atoms with Gasteiger partial charge in [-0.25, -0.2) is 9.37 Å². The van der Waals surface area contributed by atoms with E-state index in [0.29, 0.717) is 5.56 Å². The van der Waals surface area contributed by atoms with Gasteiger partial charge in [0.1, 0.15) is 11.0 Å². The third-order valence-corrected chi connectivity index (χ3v) is 1.30. The summed E-state index contributed by atoms with van der Waals surface area (Å²) >= 11 is 5.47. The van der Waals surface area contributed by atoms with Crippen LogP contribution in [0.2, 0.25) is 5.15 Å². The van der Waals surface area contributed by atoms with Crippen LogP contribution in [-0.2, 0) is 0 Å². The number of nitrogens with one attached hydrogen (secondary N) is 1. The Morgan fingerprint density at radius 1 is 1.70 bits per heavy atom. The summed E-state index contributed by atoms with van der Waals surface area (Å²) in [5.74, 6) is -0.483. The van der Waals surface area contributed by atoms with Crippen LogP contribution in [0.1, 0.15) is 5.56 Å². The van der Waals surface area contributed by atoms with Gasteiger partial charge in [-0.3, -0.25) is 0 Å². The number of hydrogen-bond donors (Lipinski definition) is 1. The summed E-state index contributed by atoms with van der Waals surface area (Å²) in [5, 5.41) is 6.91. The lowest BCUT2D eigenvalue weighted by Crippen LogP contribution is -1.87. The average Bonchev–Trinajstić information content (AvgIpc) is 1.94. The summed E-state index contributed by atoms with van der Waals surface area (Å²) in [7, 11) is 0. The van der Waals surface area contributed by atoms with Crippen molar-refractivity contribution in [1.29, 1.82) is 5.41 Å². The number of pyridine rings is 1. The van der Waals surface area contributed by atoms with Gasteiger partial charge in [0.05, 0.1) is 6.20 Å². The Bertz CT molecular complexity index is 262. The lowest BCUT2D eigenvalue weighted by Gasteiger charge is -1.93. The van der Waals surface area contributed by atoms with E-state index in [-0.39, 0.29) is 5.15 Å². The number of hydrogen-bond acceptors (Lipinski definition) is 2. The third-order valence-electron chi connectivity index (χ3n) is 0.988. The van der Waals surface area contributed by atoms with Crippen LogP contribution in [0.15, 0.2) is 12.3 Å². The summed E-state index contributed by atoms with van der Waals surface area (Å²) in [6.45, 7) is 0. The fourth-order valence-corrected chi connectivity index (χ4v) is 0.697. The van der Waals surface area contributed by atoms with Gasteiger partial charge >= 0.3 is 0 Å². The molecule has 52 valence electrons. The predicted octanol–water partition coefficient (Wildman–Crippen LogP) is 1.87. The van der Waals surface area contributed by atoms with Gasteiger partial charge in [-0.05, 0) is 6.07 Å². The largest absolute Gasteiger partial charge is 0.308 e. The number of rotatable bonds is 1. The molecular formula is C6H4ClFN2. The normalized spacial score (nSPS) is 9.40. The molecule has 0 saturated heterocycles. The first kappa shape index (κ1) is 7.15. The second-order valence-corrected chi connectivity index (χ2v) is 2.04. The molecule has 0 saturated carbocycles. The monoisotopic (exact) mass is 158 g/mol. The number of nitrogens with zero attached hydrogens (tertiary/aromatic N) is 1. The van der Waals surface area contributed by atoms with Gasteiger partial charge in [0.15, 0.2) is 0 Å². The van der Waals surface area contributed by atoms with Gasteiger partial charge in [-0.1, -0.05) is 11.6 Å². The minimum atomic E-state index is -0.483. The lowest BCUT2D eigenvalue weighted by atomic mass is 10.3. The smallest absolute Gasteiger partial charge is 0.142 e. The highest BCUT2D eigenvalue weighted by Gasteiger charge is 1.98. The van der Waals surface area contributed by atoms with Crippen molar-refractivity contribution in [3.63, 3.8) is 0 Å². The van der Waals surface area contributed by atoms with Crippen LogP contribution in [0, 0.1) is 11.2 Å². The molecule has 1 aromatic heterocycles. The van der Waals surface area contributed by atoms with Crippen molar-refractivity contribution in [2.45, 2.75) is 0 Å². The average molecular weight is 159 g/mol. The van der Waals surface area contributed by atoms with E-state index >= 15 is 0 Å². The van der Waals surface area contributed by atoms with Crippen LogP contribution in [0.25, 0.3) is 0 Å². The highest BCUT2D eigenvalue weighted by molar-refractivity contribution is 6.31. The van der Waals surface area contributed by atoms with Gasteiger partial charge in [-0.2, -0.15) is 0 Å². The summed E-state index contributed by atoms with van der Waals surface area (Å²) in [4.78, 5) is 3.49. The molecule has 0 aliphatic heterocycles. The highest BCUT2D eigenvalue weighted by atomic mass is 35.5. The molecule has 0 aliphatic carbocycles. The standard InChI is InChI=1S/C6H4ClFN2/c7-6-4(2-9)1-5(8)3-10-6/h1-3,9H. The van der Waals surface area contributed by atoms with Crippen molar-refractivity contribution < 1.29 is 4.39 Å². The molecule has 4 heteroatoms. The van der Waals surface area contributed by atoms with Crippen molar-refractivity contribution in [2.75, 3.05) is 0 Å². The van der Waals surface area contributed by atoms with E-state index in [1.54, 1.807) is 0 Å². The molecule has 1 heterocycles. The highest BCUT2D eigenvalue weighted by Crippen LogP contribution is 2.10. The van der Waals surface area contributed by atoms with Crippen molar-refractivity contribution in [3.8, 4) is 0 Å². The van der Waals surface area contributed by atoms with E-state index in [1.165, 1.54) is 0 Å². The number of aromatic nitrogens is 1. The zero-order chi connectivity index (χ0) is 7.56. The second kappa shape index (κ2) is 2.75. The maximum absolute atomic E-state index is 12.3. The van der Waals surface area contributed by atoms with Gasteiger partial charge in [0, 0.05) is 11.8 Å². The van der Waals surface area contributed by atoms with Gasteiger partial charge in [0.25, 0.3) is 0 Å². The fourth-order valence-electron chi connectivity index (χ4n) is 0.539. The van der Waals surface area contributed by atoms with Gasteiger partial charge in [0.2, 0.25) is 0 Å². The first-order valence-electron chi connectivity index (χ1n) is 2.55. The molecule has 0 aromatic carbocycles. The maximum atomic E-state index is 12.3. The molecule has 0 spiro atoms. The van der Waals surface area contributed by atoms with Crippen LogP contribution in [0.4, 0.5) is 4.39 Å². The first-order valence-corrected chi connectivity index (χ1v) is 2.93. The summed E-state index contributed by atoms with van der Waals surface area (Å²) in [6.07, 6.45) is 1.97. The Morgan fingerprint density at radius 2 is 2.40 bits per heavy atom. The maximum Gasteiger partial charge on any atom is 0.142 e. The van der Waals surface area contributed by atoms with Crippen LogP contribution in [0.5, 0.6) is 0 Å². The molecule has 2 nitrogen and oxygen atoms in total. The van der Waals surface area contributed by atoms with Crippen LogP contribution >= 0.6 is 11.6 Å². The molecule has 1 N–H and O–H groups in total.